The van der Waals surface area contributed by atoms with Crippen LogP contribution in [0.2, 0.25) is 0 Å². The van der Waals surface area contributed by atoms with Gasteiger partial charge in [-0.1, -0.05) is 0 Å². The Labute approximate surface area is 137 Å². The van der Waals surface area contributed by atoms with E-state index in [1.165, 1.54) is 6.20 Å². The van der Waals surface area contributed by atoms with Crippen molar-refractivity contribution in [1.82, 2.24) is 15.2 Å². The van der Waals surface area contributed by atoms with E-state index in [0.29, 0.717) is 19.1 Å². The van der Waals surface area contributed by atoms with Crippen LogP contribution in [0.3, 0.4) is 0 Å². The van der Waals surface area contributed by atoms with Crippen LogP contribution >= 0.6 is 0 Å². The third-order valence-electron chi connectivity index (χ3n) is 3.89. The summed E-state index contributed by atoms with van der Waals surface area (Å²) in [7, 11) is 0. The molecule has 1 aliphatic heterocycles. The summed E-state index contributed by atoms with van der Waals surface area (Å²) in [5.74, 6) is 0.174. The second kappa shape index (κ2) is 7.17. The molecule has 1 fully saturated rings. The Morgan fingerprint density at radius 2 is 2.22 bits per heavy atom. The van der Waals surface area contributed by atoms with Crippen molar-refractivity contribution in [3.8, 4) is 5.75 Å². The van der Waals surface area contributed by atoms with Crippen LogP contribution in [-0.4, -0.2) is 45.3 Å². The fraction of sp³-hybridized carbons (Fsp3) is 0.647. The molecule has 6 nitrogen and oxygen atoms in total. The molecule has 128 valence electrons. The van der Waals surface area contributed by atoms with Gasteiger partial charge >= 0.3 is 6.09 Å². The third-order valence-corrected chi connectivity index (χ3v) is 3.89. The first-order chi connectivity index (χ1) is 10.7. The molecule has 6 heteroatoms. The first-order valence-corrected chi connectivity index (χ1v) is 8.11. The number of rotatable bonds is 3. The van der Waals surface area contributed by atoms with Gasteiger partial charge in [0.2, 0.25) is 0 Å². The maximum absolute atomic E-state index is 12.2. The van der Waals surface area contributed by atoms with Gasteiger partial charge in [-0.2, -0.15) is 0 Å². The average molecular weight is 321 g/mol. The van der Waals surface area contributed by atoms with Crippen LogP contribution in [0.5, 0.6) is 5.75 Å². The molecule has 0 radical (unpaired) electrons. The summed E-state index contributed by atoms with van der Waals surface area (Å²) < 4.78 is 5.46. The molecule has 2 atom stereocenters. The van der Waals surface area contributed by atoms with Crippen molar-refractivity contribution in [2.75, 3.05) is 6.54 Å². The average Bonchev–Trinajstić information content (AvgIpc) is 2.45. The Kier molecular flexibility index (Phi) is 5.46. The Bertz CT molecular complexity index is 525. The van der Waals surface area contributed by atoms with Gasteiger partial charge in [0.15, 0.2) is 0 Å². The quantitative estimate of drug-likeness (QED) is 0.895. The molecule has 1 saturated heterocycles. The Balaban J connectivity index is 1.81. The molecule has 0 aliphatic carbocycles. The van der Waals surface area contributed by atoms with Crippen LogP contribution in [0.25, 0.3) is 0 Å². The number of amides is 1. The smallest absolute Gasteiger partial charge is 0.410 e. The Morgan fingerprint density at radius 1 is 1.48 bits per heavy atom. The molecule has 1 aromatic rings. The monoisotopic (exact) mass is 321 g/mol. The summed E-state index contributed by atoms with van der Waals surface area (Å²) in [5.41, 5.74) is 0.432. The van der Waals surface area contributed by atoms with E-state index in [4.69, 9.17) is 4.74 Å². The molecule has 0 spiro atoms. The number of carbonyl (C=O) groups excluding carboxylic acids is 1. The molecule has 23 heavy (non-hydrogen) atoms. The summed E-state index contributed by atoms with van der Waals surface area (Å²) in [4.78, 5) is 18.2. The maximum Gasteiger partial charge on any atom is 0.410 e. The van der Waals surface area contributed by atoms with Crippen molar-refractivity contribution in [3.05, 3.63) is 24.0 Å². The minimum absolute atomic E-state index is 0.142. The Morgan fingerprint density at radius 3 is 2.78 bits per heavy atom. The van der Waals surface area contributed by atoms with Crippen LogP contribution < -0.4 is 5.32 Å². The standard InChI is InChI=1S/C17H27N3O3/c1-12-9-13(18-10-14-5-6-15(21)11-19-14)7-8-20(12)16(22)23-17(2,3)4/h5-6,11-13,18,21H,7-10H2,1-4H3. The zero-order valence-electron chi connectivity index (χ0n) is 14.4. The number of aromatic nitrogens is 1. The highest BCUT2D eigenvalue weighted by atomic mass is 16.6. The molecule has 1 aliphatic rings. The van der Waals surface area contributed by atoms with E-state index in [-0.39, 0.29) is 17.9 Å². The SMILES string of the molecule is CC1CC(NCc2ccc(O)cn2)CCN1C(=O)OC(C)(C)C. The molecule has 1 aromatic heterocycles. The van der Waals surface area contributed by atoms with Crippen LogP contribution in [0, 0.1) is 0 Å². The molecule has 1 amide bonds. The predicted molar refractivity (Wildman–Crippen MR) is 88.2 cm³/mol. The van der Waals surface area contributed by atoms with Gasteiger partial charge < -0.3 is 20.1 Å². The first kappa shape index (κ1) is 17.5. The van der Waals surface area contributed by atoms with Gasteiger partial charge in [0.1, 0.15) is 11.4 Å². The zero-order chi connectivity index (χ0) is 17.0. The van der Waals surface area contributed by atoms with Crippen LogP contribution in [0.1, 0.15) is 46.2 Å². The highest BCUT2D eigenvalue weighted by Gasteiger charge is 2.31. The van der Waals surface area contributed by atoms with Gasteiger partial charge in [-0.3, -0.25) is 4.98 Å². The van der Waals surface area contributed by atoms with Crippen molar-refractivity contribution in [3.63, 3.8) is 0 Å². The largest absolute Gasteiger partial charge is 0.506 e. The van der Waals surface area contributed by atoms with Gasteiger partial charge in [-0.15, -0.1) is 0 Å². The van der Waals surface area contributed by atoms with Gasteiger partial charge in [-0.05, 0) is 52.7 Å². The molecular weight excluding hydrogens is 294 g/mol. The lowest BCUT2D eigenvalue weighted by molar-refractivity contribution is 0.00931. The molecule has 0 bridgehead atoms. The van der Waals surface area contributed by atoms with Gasteiger partial charge in [-0.25, -0.2) is 4.79 Å². The van der Waals surface area contributed by atoms with Gasteiger partial charge in [0.05, 0.1) is 11.9 Å². The number of ether oxygens (including phenoxy) is 1. The number of likely N-dealkylation sites (tertiary alicyclic amines) is 1. The lowest BCUT2D eigenvalue weighted by Crippen LogP contribution is -2.50. The number of hydrogen-bond donors (Lipinski definition) is 2. The Hall–Kier alpha value is -1.82. The second-order valence-electron chi connectivity index (χ2n) is 7.13. The zero-order valence-corrected chi connectivity index (χ0v) is 14.4. The molecule has 2 heterocycles. The molecule has 2 rings (SSSR count). The van der Waals surface area contributed by atoms with Crippen molar-refractivity contribution in [2.45, 2.75) is 64.8 Å². The van der Waals surface area contributed by atoms with Crippen LogP contribution in [0.15, 0.2) is 18.3 Å². The van der Waals surface area contributed by atoms with Crippen LogP contribution in [-0.2, 0) is 11.3 Å². The molecule has 0 aromatic carbocycles. The molecular formula is C17H27N3O3. The van der Waals surface area contributed by atoms with E-state index in [2.05, 4.69) is 17.2 Å². The van der Waals surface area contributed by atoms with E-state index >= 15 is 0 Å². The topological polar surface area (TPSA) is 74.7 Å². The summed E-state index contributed by atoms with van der Waals surface area (Å²) in [6, 6.07) is 3.93. The van der Waals surface area contributed by atoms with E-state index in [9.17, 15) is 9.90 Å². The number of nitrogens with one attached hydrogen (secondary N) is 1. The predicted octanol–water partition coefficient (Wildman–Crippen LogP) is 2.66. The number of nitrogens with zero attached hydrogens (tertiary/aromatic N) is 2. The molecule has 2 N–H and O–H groups in total. The minimum atomic E-state index is -0.462. The minimum Gasteiger partial charge on any atom is -0.506 e. The maximum atomic E-state index is 12.2. The number of carbonyl (C=O) groups is 1. The summed E-state index contributed by atoms with van der Waals surface area (Å²) in [5, 5.41) is 12.7. The summed E-state index contributed by atoms with van der Waals surface area (Å²) in [6.07, 6.45) is 2.99. The van der Waals surface area contributed by atoms with Crippen molar-refractivity contribution < 1.29 is 14.6 Å². The normalized spacial score (nSPS) is 22.0. The lowest BCUT2D eigenvalue weighted by atomic mass is 9.98. The fourth-order valence-electron chi connectivity index (χ4n) is 2.72. The number of hydrogen-bond acceptors (Lipinski definition) is 5. The highest BCUT2D eigenvalue weighted by Crippen LogP contribution is 2.21. The van der Waals surface area contributed by atoms with Crippen molar-refractivity contribution in [2.24, 2.45) is 0 Å². The second-order valence-corrected chi connectivity index (χ2v) is 7.13. The van der Waals surface area contributed by atoms with E-state index in [0.717, 1.165) is 18.5 Å². The first-order valence-electron chi connectivity index (χ1n) is 8.11. The van der Waals surface area contributed by atoms with Gasteiger partial charge in [0, 0.05) is 25.2 Å². The van der Waals surface area contributed by atoms with Crippen molar-refractivity contribution in [1.29, 1.82) is 0 Å². The fourth-order valence-corrected chi connectivity index (χ4v) is 2.72. The highest BCUT2D eigenvalue weighted by molar-refractivity contribution is 5.68. The number of aromatic hydroxyl groups is 1. The van der Waals surface area contributed by atoms with E-state index in [1.807, 2.05) is 31.7 Å². The lowest BCUT2D eigenvalue weighted by Gasteiger charge is -2.38. The van der Waals surface area contributed by atoms with Crippen LogP contribution in [0.4, 0.5) is 4.79 Å². The van der Waals surface area contributed by atoms with E-state index < -0.39 is 5.60 Å². The molecule has 2 unspecified atom stereocenters. The van der Waals surface area contributed by atoms with Crippen molar-refractivity contribution >= 4 is 6.09 Å². The molecule has 0 saturated carbocycles. The number of piperidine rings is 1. The van der Waals surface area contributed by atoms with Gasteiger partial charge in [0.25, 0.3) is 0 Å². The number of pyridine rings is 1. The van der Waals surface area contributed by atoms with E-state index in [1.54, 1.807) is 6.07 Å². The third kappa shape index (κ3) is 5.39. The summed E-state index contributed by atoms with van der Waals surface area (Å²) >= 11 is 0. The summed E-state index contributed by atoms with van der Waals surface area (Å²) in [6.45, 7) is 9.05.